The van der Waals surface area contributed by atoms with E-state index in [-0.39, 0.29) is 18.1 Å². The SMILES string of the molecule is CCOC(=O)c1ccc(COC(=O)NNC(C)(C)C)cc1. The first kappa shape index (κ1) is 17.0. The van der Waals surface area contributed by atoms with Gasteiger partial charge < -0.3 is 9.47 Å². The molecule has 1 rings (SSSR count). The van der Waals surface area contributed by atoms with Crippen molar-refractivity contribution in [3.8, 4) is 0 Å². The highest BCUT2D eigenvalue weighted by molar-refractivity contribution is 5.89. The molecule has 6 nitrogen and oxygen atoms in total. The molecule has 0 atom stereocenters. The fourth-order valence-electron chi connectivity index (χ4n) is 1.37. The van der Waals surface area contributed by atoms with Gasteiger partial charge in [-0.05, 0) is 45.4 Å². The first-order valence-electron chi connectivity index (χ1n) is 6.78. The molecule has 6 heteroatoms. The van der Waals surface area contributed by atoms with Gasteiger partial charge in [0.05, 0.1) is 12.2 Å². The van der Waals surface area contributed by atoms with Crippen LogP contribution in [0.15, 0.2) is 24.3 Å². The van der Waals surface area contributed by atoms with Gasteiger partial charge in [0.1, 0.15) is 6.61 Å². The monoisotopic (exact) mass is 294 g/mol. The van der Waals surface area contributed by atoms with Crippen LogP contribution < -0.4 is 10.9 Å². The van der Waals surface area contributed by atoms with E-state index in [1.165, 1.54) is 0 Å². The lowest BCUT2D eigenvalue weighted by Gasteiger charge is -2.20. The maximum Gasteiger partial charge on any atom is 0.421 e. The average Bonchev–Trinajstić information content (AvgIpc) is 2.43. The van der Waals surface area contributed by atoms with Crippen LogP contribution >= 0.6 is 0 Å². The van der Waals surface area contributed by atoms with Crippen LogP contribution in [0.1, 0.15) is 43.6 Å². The number of carbonyl (C=O) groups excluding carboxylic acids is 2. The van der Waals surface area contributed by atoms with Gasteiger partial charge in [-0.15, -0.1) is 0 Å². The number of hydrogen-bond acceptors (Lipinski definition) is 5. The van der Waals surface area contributed by atoms with E-state index in [9.17, 15) is 9.59 Å². The normalized spacial score (nSPS) is 10.9. The summed E-state index contributed by atoms with van der Waals surface area (Å²) < 4.78 is 9.93. The third-order valence-electron chi connectivity index (χ3n) is 2.37. The van der Waals surface area contributed by atoms with Crippen molar-refractivity contribution in [2.24, 2.45) is 0 Å². The molecule has 21 heavy (non-hydrogen) atoms. The molecule has 1 aromatic rings. The standard InChI is InChI=1S/C15H22N2O4/c1-5-20-13(18)12-8-6-11(7-9-12)10-21-14(19)16-17-15(2,3)4/h6-9,17H,5,10H2,1-4H3,(H,16,19). The number of benzene rings is 1. The van der Waals surface area contributed by atoms with E-state index in [1.807, 2.05) is 20.8 Å². The Balaban J connectivity index is 2.42. The van der Waals surface area contributed by atoms with Gasteiger partial charge >= 0.3 is 12.1 Å². The molecule has 0 bridgehead atoms. The summed E-state index contributed by atoms with van der Waals surface area (Å²) in [6, 6.07) is 6.72. The molecule has 0 heterocycles. The number of hydrogen-bond donors (Lipinski definition) is 2. The Morgan fingerprint density at radius 3 is 2.24 bits per heavy atom. The van der Waals surface area contributed by atoms with E-state index in [2.05, 4.69) is 10.9 Å². The Kier molecular flexibility index (Phi) is 6.17. The quantitative estimate of drug-likeness (QED) is 0.644. The van der Waals surface area contributed by atoms with Gasteiger partial charge in [-0.2, -0.15) is 0 Å². The van der Waals surface area contributed by atoms with Crippen molar-refractivity contribution in [1.82, 2.24) is 10.9 Å². The summed E-state index contributed by atoms with van der Waals surface area (Å²) >= 11 is 0. The van der Waals surface area contributed by atoms with Gasteiger partial charge in [-0.3, -0.25) is 5.43 Å². The van der Waals surface area contributed by atoms with E-state index in [0.29, 0.717) is 12.2 Å². The minimum absolute atomic E-state index is 0.126. The van der Waals surface area contributed by atoms with Crippen molar-refractivity contribution < 1.29 is 19.1 Å². The lowest BCUT2D eigenvalue weighted by Crippen LogP contribution is -2.48. The van der Waals surface area contributed by atoms with E-state index < -0.39 is 6.09 Å². The third kappa shape index (κ3) is 6.76. The number of hydrazine groups is 1. The highest BCUT2D eigenvalue weighted by atomic mass is 16.6. The fourth-order valence-corrected chi connectivity index (χ4v) is 1.37. The van der Waals surface area contributed by atoms with Crippen LogP contribution in [-0.2, 0) is 16.1 Å². The molecule has 116 valence electrons. The second-order valence-electron chi connectivity index (χ2n) is 5.49. The summed E-state index contributed by atoms with van der Waals surface area (Å²) in [7, 11) is 0. The molecular weight excluding hydrogens is 272 g/mol. The molecule has 0 aliphatic carbocycles. The molecule has 0 aliphatic rings. The second kappa shape index (κ2) is 7.64. The number of amides is 1. The van der Waals surface area contributed by atoms with Gasteiger partial charge in [0.2, 0.25) is 0 Å². The molecule has 0 saturated carbocycles. The number of rotatable bonds is 5. The molecule has 0 unspecified atom stereocenters. The molecule has 0 saturated heterocycles. The largest absolute Gasteiger partial charge is 0.462 e. The summed E-state index contributed by atoms with van der Waals surface area (Å²) in [6.45, 7) is 7.97. The maximum atomic E-state index is 11.5. The van der Waals surface area contributed by atoms with Gasteiger partial charge in [0.25, 0.3) is 0 Å². The van der Waals surface area contributed by atoms with Crippen LogP contribution in [0.5, 0.6) is 0 Å². The maximum absolute atomic E-state index is 11.5. The van der Waals surface area contributed by atoms with E-state index in [1.54, 1.807) is 31.2 Å². The van der Waals surface area contributed by atoms with Crippen LogP contribution in [0, 0.1) is 0 Å². The van der Waals surface area contributed by atoms with Crippen molar-refractivity contribution in [1.29, 1.82) is 0 Å². The summed E-state index contributed by atoms with van der Waals surface area (Å²) in [5.41, 5.74) is 6.29. The van der Waals surface area contributed by atoms with Gasteiger partial charge in [0.15, 0.2) is 0 Å². The average molecular weight is 294 g/mol. The number of esters is 1. The number of carbonyl (C=O) groups is 2. The van der Waals surface area contributed by atoms with Crippen molar-refractivity contribution in [2.45, 2.75) is 39.8 Å². The van der Waals surface area contributed by atoms with Crippen molar-refractivity contribution >= 4 is 12.1 Å². The third-order valence-corrected chi connectivity index (χ3v) is 2.37. The first-order chi connectivity index (χ1) is 9.81. The number of ether oxygens (including phenoxy) is 2. The molecular formula is C15H22N2O4. The Morgan fingerprint density at radius 2 is 1.71 bits per heavy atom. The summed E-state index contributed by atoms with van der Waals surface area (Å²) in [6.07, 6.45) is -0.556. The summed E-state index contributed by atoms with van der Waals surface area (Å²) in [5.74, 6) is -0.364. The van der Waals surface area contributed by atoms with E-state index in [0.717, 1.165) is 5.56 Å². The van der Waals surface area contributed by atoms with Gasteiger partial charge in [-0.1, -0.05) is 12.1 Å². The molecule has 1 amide bonds. The highest BCUT2D eigenvalue weighted by Gasteiger charge is 2.11. The van der Waals surface area contributed by atoms with Crippen LogP contribution in [0.4, 0.5) is 4.79 Å². The molecule has 2 N–H and O–H groups in total. The lowest BCUT2D eigenvalue weighted by atomic mass is 10.1. The smallest absolute Gasteiger partial charge is 0.421 e. The van der Waals surface area contributed by atoms with E-state index in [4.69, 9.17) is 9.47 Å². The first-order valence-corrected chi connectivity index (χ1v) is 6.78. The number of nitrogens with one attached hydrogen (secondary N) is 2. The van der Waals surface area contributed by atoms with Crippen LogP contribution in [0.2, 0.25) is 0 Å². The highest BCUT2D eigenvalue weighted by Crippen LogP contribution is 2.07. The second-order valence-corrected chi connectivity index (χ2v) is 5.49. The van der Waals surface area contributed by atoms with Crippen molar-refractivity contribution in [2.75, 3.05) is 6.61 Å². The Morgan fingerprint density at radius 1 is 1.10 bits per heavy atom. The van der Waals surface area contributed by atoms with Crippen molar-refractivity contribution in [3.63, 3.8) is 0 Å². The fraction of sp³-hybridized carbons (Fsp3) is 0.467. The summed E-state index contributed by atoms with van der Waals surface area (Å²) in [5, 5.41) is 0. The van der Waals surface area contributed by atoms with Crippen LogP contribution in [0.3, 0.4) is 0 Å². The predicted octanol–water partition coefficient (Wildman–Crippen LogP) is 2.39. The summed E-state index contributed by atoms with van der Waals surface area (Å²) in [4.78, 5) is 22.9. The van der Waals surface area contributed by atoms with Crippen LogP contribution in [0.25, 0.3) is 0 Å². The minimum atomic E-state index is -0.556. The molecule has 0 radical (unpaired) electrons. The molecule has 0 fully saturated rings. The molecule has 0 spiro atoms. The van der Waals surface area contributed by atoms with Gasteiger partial charge in [0, 0.05) is 5.54 Å². The zero-order valence-corrected chi connectivity index (χ0v) is 12.9. The zero-order chi connectivity index (χ0) is 15.9. The van der Waals surface area contributed by atoms with Gasteiger partial charge in [-0.25, -0.2) is 15.0 Å². The Labute approximate surface area is 124 Å². The Bertz CT molecular complexity index is 477. The zero-order valence-electron chi connectivity index (χ0n) is 12.9. The predicted molar refractivity (Wildman–Crippen MR) is 78.6 cm³/mol. The Hall–Kier alpha value is -2.08. The molecule has 0 aromatic heterocycles. The minimum Gasteiger partial charge on any atom is -0.462 e. The van der Waals surface area contributed by atoms with E-state index >= 15 is 0 Å². The lowest BCUT2D eigenvalue weighted by molar-refractivity contribution is 0.0526. The topological polar surface area (TPSA) is 76.7 Å². The van der Waals surface area contributed by atoms with Crippen molar-refractivity contribution in [3.05, 3.63) is 35.4 Å². The molecule has 1 aromatic carbocycles. The van der Waals surface area contributed by atoms with Crippen LogP contribution in [-0.4, -0.2) is 24.2 Å². The molecule has 0 aliphatic heterocycles.